The summed E-state index contributed by atoms with van der Waals surface area (Å²) in [6.07, 6.45) is 4.71. The second-order valence-corrected chi connectivity index (χ2v) is 6.51. The number of anilines is 1. The Kier molecular flexibility index (Phi) is 6.26. The number of carboxylic acids is 1. The molecule has 0 aliphatic heterocycles. The highest BCUT2D eigenvalue weighted by Crippen LogP contribution is 2.28. The number of carboxylic acid groups (broad SMARTS) is 1. The number of amides is 1. The van der Waals surface area contributed by atoms with E-state index in [0.29, 0.717) is 22.9 Å². The topological polar surface area (TPSA) is 128 Å². The summed E-state index contributed by atoms with van der Waals surface area (Å²) in [6.45, 7) is 3.90. The van der Waals surface area contributed by atoms with Gasteiger partial charge in [-0.1, -0.05) is 6.92 Å². The summed E-state index contributed by atoms with van der Waals surface area (Å²) in [5, 5.41) is 15.8. The van der Waals surface area contributed by atoms with E-state index in [1.807, 2.05) is 13.8 Å². The molecule has 156 valence electrons. The maximum atomic E-state index is 12.7. The number of hydrogen-bond acceptors (Lipinski definition) is 7. The van der Waals surface area contributed by atoms with E-state index in [0.717, 1.165) is 12.6 Å². The number of nitrogens with zero attached hydrogens (tertiary/aromatic N) is 4. The maximum absolute atomic E-state index is 12.7. The normalized spacial score (nSPS) is 11.6. The van der Waals surface area contributed by atoms with E-state index in [2.05, 4.69) is 20.4 Å². The minimum absolute atomic E-state index is 0.0680. The van der Waals surface area contributed by atoms with Crippen LogP contribution in [0.1, 0.15) is 41.1 Å². The molecule has 10 nitrogen and oxygen atoms in total. The van der Waals surface area contributed by atoms with Crippen LogP contribution in [0.2, 0.25) is 0 Å². The maximum Gasteiger partial charge on any atom is 0.356 e. The van der Waals surface area contributed by atoms with Crippen LogP contribution in [0, 0.1) is 0 Å². The standard InChI is InChI=1S/C20H21N5O5/c1-4-12(2)29-14-7-13(19(26)23-17-5-6-25(3)24-17)8-15(9-14)30-18-11-21-16(10-22-18)20(27)28/h5-12H,4H2,1-3H3,(H,27,28)(H,23,24,26)/t12-/m0/s1. The van der Waals surface area contributed by atoms with Crippen molar-refractivity contribution < 1.29 is 24.2 Å². The number of aromatic nitrogens is 4. The molecule has 30 heavy (non-hydrogen) atoms. The SMILES string of the molecule is CC[C@H](C)Oc1cc(Oc2cnc(C(=O)O)cn2)cc(C(=O)Nc2ccn(C)n2)c1. The largest absolute Gasteiger partial charge is 0.491 e. The summed E-state index contributed by atoms with van der Waals surface area (Å²) in [4.78, 5) is 31.3. The minimum atomic E-state index is -1.19. The summed E-state index contributed by atoms with van der Waals surface area (Å²) in [5.41, 5.74) is 0.0956. The molecule has 1 atom stereocenters. The van der Waals surface area contributed by atoms with Gasteiger partial charge in [0.1, 0.15) is 11.5 Å². The lowest BCUT2D eigenvalue weighted by Gasteiger charge is -2.15. The van der Waals surface area contributed by atoms with E-state index in [1.165, 1.54) is 12.3 Å². The Morgan fingerprint density at radius 3 is 2.57 bits per heavy atom. The summed E-state index contributed by atoms with van der Waals surface area (Å²) in [7, 11) is 1.75. The third-order valence-corrected chi connectivity index (χ3v) is 4.08. The molecule has 3 aromatic rings. The lowest BCUT2D eigenvalue weighted by molar-refractivity contribution is 0.0689. The Morgan fingerprint density at radius 2 is 1.97 bits per heavy atom. The van der Waals surface area contributed by atoms with E-state index >= 15 is 0 Å². The molecule has 2 N–H and O–H groups in total. The van der Waals surface area contributed by atoms with E-state index in [-0.39, 0.29) is 23.6 Å². The van der Waals surface area contributed by atoms with Crippen molar-refractivity contribution in [3.05, 3.63) is 54.1 Å². The molecule has 2 heterocycles. The van der Waals surface area contributed by atoms with E-state index in [9.17, 15) is 9.59 Å². The molecule has 3 rings (SSSR count). The number of nitrogens with one attached hydrogen (secondary N) is 1. The molecular formula is C20H21N5O5. The fourth-order valence-corrected chi connectivity index (χ4v) is 2.42. The van der Waals surface area contributed by atoms with Crippen LogP contribution >= 0.6 is 0 Å². The fourth-order valence-electron chi connectivity index (χ4n) is 2.42. The molecule has 1 aromatic carbocycles. The minimum Gasteiger partial charge on any atom is -0.491 e. The zero-order chi connectivity index (χ0) is 21.7. The molecule has 2 aromatic heterocycles. The first kappa shape index (κ1) is 20.8. The Hall–Kier alpha value is -3.95. The van der Waals surface area contributed by atoms with Crippen molar-refractivity contribution in [1.29, 1.82) is 0 Å². The number of ether oxygens (including phenoxy) is 2. The molecule has 0 unspecified atom stereocenters. The molecule has 0 saturated carbocycles. The highest BCUT2D eigenvalue weighted by atomic mass is 16.5. The summed E-state index contributed by atoms with van der Waals surface area (Å²) < 4.78 is 13.1. The molecule has 0 aliphatic carbocycles. The molecule has 0 spiro atoms. The van der Waals surface area contributed by atoms with Crippen molar-refractivity contribution in [2.24, 2.45) is 7.05 Å². The molecule has 1 amide bonds. The summed E-state index contributed by atoms with van der Waals surface area (Å²) in [6, 6.07) is 6.43. The van der Waals surface area contributed by atoms with Gasteiger partial charge in [0.15, 0.2) is 11.5 Å². The number of carbonyl (C=O) groups is 2. The zero-order valence-electron chi connectivity index (χ0n) is 16.7. The lowest BCUT2D eigenvalue weighted by Crippen LogP contribution is -2.14. The van der Waals surface area contributed by atoms with Gasteiger partial charge in [-0.05, 0) is 25.5 Å². The van der Waals surface area contributed by atoms with Gasteiger partial charge in [0.05, 0.1) is 18.5 Å². The van der Waals surface area contributed by atoms with Crippen LogP contribution < -0.4 is 14.8 Å². The van der Waals surface area contributed by atoms with E-state index in [1.54, 1.807) is 36.1 Å². The van der Waals surface area contributed by atoms with Gasteiger partial charge >= 0.3 is 5.97 Å². The van der Waals surface area contributed by atoms with Gasteiger partial charge in [0.25, 0.3) is 5.91 Å². The second kappa shape index (κ2) is 9.03. The van der Waals surface area contributed by atoms with Crippen LogP contribution in [0.25, 0.3) is 0 Å². The number of benzene rings is 1. The predicted molar refractivity (Wildman–Crippen MR) is 107 cm³/mol. The Morgan fingerprint density at radius 1 is 1.20 bits per heavy atom. The Balaban J connectivity index is 1.87. The van der Waals surface area contributed by atoms with Crippen LogP contribution in [0.3, 0.4) is 0 Å². The van der Waals surface area contributed by atoms with Gasteiger partial charge in [-0.15, -0.1) is 0 Å². The Bertz CT molecular complexity index is 1050. The number of carbonyl (C=O) groups excluding carboxylic acids is 1. The van der Waals surface area contributed by atoms with Crippen LogP contribution in [0.5, 0.6) is 17.4 Å². The van der Waals surface area contributed by atoms with Crippen molar-refractivity contribution in [2.75, 3.05) is 5.32 Å². The Labute approximate surface area is 172 Å². The molecule has 0 radical (unpaired) electrons. The average molecular weight is 411 g/mol. The van der Waals surface area contributed by atoms with Gasteiger partial charge in [-0.25, -0.2) is 14.8 Å². The highest BCUT2D eigenvalue weighted by Gasteiger charge is 2.14. The summed E-state index contributed by atoms with van der Waals surface area (Å²) in [5.74, 6) is -0.348. The van der Waals surface area contributed by atoms with E-state index in [4.69, 9.17) is 14.6 Å². The van der Waals surface area contributed by atoms with Crippen molar-refractivity contribution in [1.82, 2.24) is 19.7 Å². The fraction of sp³-hybridized carbons (Fsp3) is 0.250. The number of aromatic carboxylic acids is 1. The molecule has 0 saturated heterocycles. The summed E-state index contributed by atoms with van der Waals surface area (Å²) >= 11 is 0. The molecule has 0 bridgehead atoms. The lowest BCUT2D eigenvalue weighted by atomic mass is 10.2. The van der Waals surface area contributed by atoms with E-state index < -0.39 is 5.97 Å². The molecule has 0 fully saturated rings. The van der Waals surface area contributed by atoms with Gasteiger partial charge in [0, 0.05) is 30.9 Å². The van der Waals surface area contributed by atoms with Crippen LogP contribution in [0.4, 0.5) is 5.82 Å². The number of rotatable bonds is 8. The van der Waals surface area contributed by atoms with Crippen molar-refractivity contribution in [3.8, 4) is 17.4 Å². The van der Waals surface area contributed by atoms with Crippen LogP contribution in [-0.4, -0.2) is 42.8 Å². The molecular weight excluding hydrogens is 390 g/mol. The zero-order valence-corrected chi connectivity index (χ0v) is 16.7. The van der Waals surface area contributed by atoms with Crippen molar-refractivity contribution in [2.45, 2.75) is 26.4 Å². The number of hydrogen-bond donors (Lipinski definition) is 2. The smallest absolute Gasteiger partial charge is 0.356 e. The number of aryl methyl sites for hydroxylation is 1. The van der Waals surface area contributed by atoms with Gasteiger partial charge < -0.3 is 19.9 Å². The molecule has 10 heteroatoms. The quantitative estimate of drug-likeness (QED) is 0.578. The highest BCUT2D eigenvalue weighted by molar-refractivity contribution is 6.04. The first-order valence-electron chi connectivity index (χ1n) is 9.20. The van der Waals surface area contributed by atoms with Crippen molar-refractivity contribution >= 4 is 17.7 Å². The van der Waals surface area contributed by atoms with Crippen molar-refractivity contribution in [3.63, 3.8) is 0 Å². The second-order valence-electron chi connectivity index (χ2n) is 6.51. The third-order valence-electron chi connectivity index (χ3n) is 4.08. The first-order valence-corrected chi connectivity index (χ1v) is 9.20. The third kappa shape index (κ3) is 5.31. The first-order chi connectivity index (χ1) is 14.3. The predicted octanol–water partition coefficient (Wildman–Crippen LogP) is 3.13. The van der Waals surface area contributed by atoms with Gasteiger partial charge in [-0.3, -0.25) is 9.48 Å². The van der Waals surface area contributed by atoms with Gasteiger partial charge in [0.2, 0.25) is 5.88 Å². The van der Waals surface area contributed by atoms with Gasteiger partial charge in [-0.2, -0.15) is 5.10 Å². The molecule has 0 aliphatic rings. The monoisotopic (exact) mass is 411 g/mol. The van der Waals surface area contributed by atoms with Crippen LogP contribution in [-0.2, 0) is 7.05 Å². The van der Waals surface area contributed by atoms with Crippen LogP contribution in [0.15, 0.2) is 42.9 Å². The average Bonchev–Trinajstić information content (AvgIpc) is 3.12.